The Morgan fingerprint density at radius 2 is 1.64 bits per heavy atom. The van der Waals surface area contributed by atoms with Crippen LogP contribution >= 0.6 is 23.2 Å². The number of nitrogens with zero attached hydrogens (tertiary/aromatic N) is 3. The Morgan fingerprint density at radius 1 is 0.949 bits per heavy atom. The van der Waals surface area contributed by atoms with Gasteiger partial charge in [-0.3, -0.25) is 18.9 Å². The summed E-state index contributed by atoms with van der Waals surface area (Å²) < 4.78 is 6.27. The van der Waals surface area contributed by atoms with Gasteiger partial charge in [-0.2, -0.15) is 0 Å². The van der Waals surface area contributed by atoms with Crippen LogP contribution in [-0.2, 0) is 12.8 Å². The predicted octanol–water partition coefficient (Wildman–Crippen LogP) is 6.79. The molecule has 9 heteroatoms. The van der Waals surface area contributed by atoms with Crippen LogP contribution in [0.4, 0.5) is 0 Å². The maximum atomic E-state index is 13.9. The minimum atomic E-state index is -0.605. The molecule has 5 aromatic rings. The zero-order valence-corrected chi connectivity index (χ0v) is 23.0. The third-order valence-corrected chi connectivity index (χ3v) is 7.01. The van der Waals surface area contributed by atoms with Crippen LogP contribution in [0, 0.1) is 6.92 Å². The van der Waals surface area contributed by atoms with Crippen molar-refractivity contribution in [3.8, 4) is 28.2 Å². The molecular formula is C30H26Cl2N4O3. The molecule has 0 aliphatic heterocycles. The third kappa shape index (κ3) is 5.75. The van der Waals surface area contributed by atoms with Gasteiger partial charge in [-0.05, 0) is 54.7 Å². The fraction of sp³-hybridized carbons (Fsp3) is 0.200. The Balaban J connectivity index is 1.53. The van der Waals surface area contributed by atoms with Crippen molar-refractivity contribution >= 4 is 23.2 Å². The Kier molecular flexibility index (Phi) is 7.82. The van der Waals surface area contributed by atoms with Crippen molar-refractivity contribution in [1.82, 2.24) is 19.7 Å². The number of hydrogen-bond acceptors (Lipinski definition) is 5. The van der Waals surface area contributed by atoms with Crippen molar-refractivity contribution in [2.24, 2.45) is 0 Å². The summed E-state index contributed by atoms with van der Waals surface area (Å²) in [5, 5.41) is 4.74. The first-order valence-corrected chi connectivity index (χ1v) is 13.4. The summed E-state index contributed by atoms with van der Waals surface area (Å²) in [5.41, 5.74) is 5.49. The number of hydrogen-bond donors (Lipinski definition) is 1. The second-order valence-electron chi connectivity index (χ2n) is 9.32. The van der Waals surface area contributed by atoms with Crippen molar-refractivity contribution < 1.29 is 4.52 Å². The van der Waals surface area contributed by atoms with Crippen molar-refractivity contribution in [2.45, 2.75) is 39.5 Å². The van der Waals surface area contributed by atoms with E-state index in [1.54, 1.807) is 22.8 Å². The number of rotatable bonds is 8. The van der Waals surface area contributed by atoms with E-state index >= 15 is 0 Å². The zero-order valence-electron chi connectivity index (χ0n) is 21.5. The average molecular weight is 561 g/mol. The highest BCUT2D eigenvalue weighted by molar-refractivity contribution is 6.34. The number of benzene rings is 3. The summed E-state index contributed by atoms with van der Waals surface area (Å²) in [7, 11) is 0. The Hall–Kier alpha value is -3.94. The van der Waals surface area contributed by atoms with Crippen LogP contribution in [0.3, 0.4) is 0 Å². The van der Waals surface area contributed by atoms with E-state index in [4.69, 9.17) is 32.7 Å². The molecule has 0 amide bonds. The molecule has 1 N–H and O–H groups in total. The number of halogens is 2. The van der Waals surface area contributed by atoms with E-state index in [0.29, 0.717) is 39.4 Å². The van der Waals surface area contributed by atoms with Gasteiger partial charge in [0.15, 0.2) is 5.82 Å². The lowest BCUT2D eigenvalue weighted by molar-refractivity contribution is 0.388. The molecule has 198 valence electrons. The first-order chi connectivity index (χ1) is 18.8. The van der Waals surface area contributed by atoms with Gasteiger partial charge in [0.2, 0.25) is 0 Å². The van der Waals surface area contributed by atoms with E-state index in [-0.39, 0.29) is 5.56 Å². The molecule has 0 saturated carbocycles. The van der Waals surface area contributed by atoms with Crippen molar-refractivity contribution in [3.63, 3.8) is 0 Å². The van der Waals surface area contributed by atoms with Gasteiger partial charge in [-0.15, -0.1) is 0 Å². The van der Waals surface area contributed by atoms with E-state index in [9.17, 15) is 9.59 Å². The normalized spacial score (nSPS) is 11.2. The van der Waals surface area contributed by atoms with Gasteiger partial charge in [0.05, 0.1) is 11.4 Å². The molecular weight excluding hydrogens is 535 g/mol. The number of aromatic amines is 1. The highest BCUT2D eigenvalue weighted by Crippen LogP contribution is 2.30. The van der Waals surface area contributed by atoms with E-state index in [1.807, 2.05) is 55.5 Å². The summed E-state index contributed by atoms with van der Waals surface area (Å²) in [6, 6.07) is 20.7. The minimum Gasteiger partial charge on any atom is -0.296 e. The molecule has 5 rings (SSSR count). The first kappa shape index (κ1) is 26.7. The molecule has 0 radical (unpaired) electrons. The Bertz CT molecular complexity index is 1730. The van der Waals surface area contributed by atoms with E-state index in [1.165, 1.54) is 0 Å². The molecule has 0 atom stereocenters. The number of unbranched alkanes of at least 4 members (excludes halogenated alkanes) is 1. The lowest BCUT2D eigenvalue weighted by Crippen LogP contribution is -2.28. The zero-order chi connectivity index (χ0) is 27.5. The third-order valence-electron chi connectivity index (χ3n) is 6.57. The van der Waals surface area contributed by atoms with Crippen molar-refractivity contribution in [2.75, 3.05) is 0 Å². The predicted molar refractivity (Wildman–Crippen MR) is 154 cm³/mol. The summed E-state index contributed by atoms with van der Waals surface area (Å²) in [4.78, 5) is 32.8. The van der Waals surface area contributed by atoms with Gasteiger partial charge in [-0.1, -0.05) is 90.2 Å². The lowest BCUT2D eigenvalue weighted by Gasteiger charge is -2.16. The van der Waals surface area contributed by atoms with Gasteiger partial charge in [0, 0.05) is 27.6 Å². The van der Waals surface area contributed by atoms with Crippen molar-refractivity contribution in [3.05, 3.63) is 120 Å². The van der Waals surface area contributed by atoms with Crippen LogP contribution in [0.5, 0.6) is 0 Å². The molecule has 39 heavy (non-hydrogen) atoms. The molecule has 7 nitrogen and oxygen atoms in total. The highest BCUT2D eigenvalue weighted by Gasteiger charge is 2.18. The number of aryl methyl sites for hydroxylation is 2. The lowest BCUT2D eigenvalue weighted by atomic mass is 9.96. The van der Waals surface area contributed by atoms with Crippen LogP contribution in [0.2, 0.25) is 10.0 Å². The second kappa shape index (κ2) is 11.4. The fourth-order valence-electron chi connectivity index (χ4n) is 4.71. The molecule has 0 unspecified atom stereocenters. The summed E-state index contributed by atoms with van der Waals surface area (Å²) in [5.74, 6) is 0.352. The van der Waals surface area contributed by atoms with Crippen LogP contribution in [0.15, 0.2) is 80.8 Å². The SMILES string of the molecule is CCCCc1nc(C)n(-c2cc(Cl)cc(Cl)c2)c(=O)c1Cc1ccc(-c2ccccc2-c2noc(=O)[nH]2)cc1. The maximum Gasteiger partial charge on any atom is 0.439 e. The molecule has 0 aliphatic rings. The van der Waals surface area contributed by atoms with Crippen molar-refractivity contribution in [1.29, 1.82) is 0 Å². The average Bonchev–Trinajstić information content (AvgIpc) is 3.35. The van der Waals surface area contributed by atoms with E-state index < -0.39 is 5.76 Å². The standard InChI is InChI=1S/C30H26Cl2N4O3/c1-3-4-9-27-26(29(37)36(18(2)33-27)23-16-21(31)15-22(32)17-23)14-19-10-12-20(13-11-19)24-7-5-6-8-25(24)28-34-30(38)39-35-28/h5-8,10-13,15-17H,3-4,9,14H2,1-2H3,(H,34,35,38). The maximum absolute atomic E-state index is 13.9. The van der Waals surface area contributed by atoms with E-state index in [2.05, 4.69) is 17.1 Å². The molecule has 0 saturated heterocycles. The summed E-state index contributed by atoms with van der Waals surface area (Å²) in [6.07, 6.45) is 3.09. The van der Waals surface area contributed by atoms with Gasteiger partial charge in [0.1, 0.15) is 5.82 Å². The number of nitrogens with one attached hydrogen (secondary N) is 1. The minimum absolute atomic E-state index is 0.128. The van der Waals surface area contributed by atoms with Gasteiger partial charge in [-0.25, -0.2) is 9.78 Å². The molecule has 3 aromatic carbocycles. The molecule has 2 heterocycles. The van der Waals surface area contributed by atoms with E-state index in [0.717, 1.165) is 47.2 Å². The molecule has 0 aliphatic carbocycles. The molecule has 0 spiro atoms. The van der Waals surface area contributed by atoms with Crippen LogP contribution in [-0.4, -0.2) is 19.7 Å². The number of H-pyrrole nitrogens is 1. The Labute approximate surface area is 235 Å². The van der Waals surface area contributed by atoms with Crippen LogP contribution < -0.4 is 11.3 Å². The largest absolute Gasteiger partial charge is 0.439 e. The summed E-state index contributed by atoms with van der Waals surface area (Å²) in [6.45, 7) is 3.94. The quantitative estimate of drug-likeness (QED) is 0.225. The molecule has 2 aromatic heterocycles. The van der Waals surface area contributed by atoms with Crippen LogP contribution in [0.25, 0.3) is 28.2 Å². The fourth-order valence-corrected chi connectivity index (χ4v) is 5.23. The molecule has 0 bridgehead atoms. The van der Waals surface area contributed by atoms with Crippen LogP contribution in [0.1, 0.15) is 42.4 Å². The molecule has 0 fully saturated rings. The highest BCUT2D eigenvalue weighted by atomic mass is 35.5. The first-order valence-electron chi connectivity index (χ1n) is 12.7. The summed E-state index contributed by atoms with van der Waals surface area (Å²) >= 11 is 12.5. The van der Waals surface area contributed by atoms with Gasteiger partial charge >= 0.3 is 5.76 Å². The topological polar surface area (TPSA) is 93.8 Å². The Morgan fingerprint density at radius 3 is 2.28 bits per heavy atom. The van der Waals surface area contributed by atoms with Gasteiger partial charge < -0.3 is 0 Å². The monoisotopic (exact) mass is 560 g/mol. The smallest absolute Gasteiger partial charge is 0.296 e. The second-order valence-corrected chi connectivity index (χ2v) is 10.2. The van der Waals surface area contributed by atoms with Gasteiger partial charge in [0.25, 0.3) is 5.56 Å². The number of aromatic nitrogens is 4.